The van der Waals surface area contributed by atoms with Gasteiger partial charge in [-0.3, -0.25) is 24.0 Å². The summed E-state index contributed by atoms with van der Waals surface area (Å²) >= 11 is 4.02. The first-order chi connectivity index (χ1) is 15.9. The number of carbonyl (C=O) groups excluding carboxylic acids is 4. The van der Waals surface area contributed by atoms with Crippen LogP contribution in [0, 0.1) is 0 Å². The molecule has 11 N–H and O–H groups in total. The van der Waals surface area contributed by atoms with E-state index < -0.39 is 59.7 Å². The number of nitrogens with two attached hydrogens (primary N) is 3. The predicted octanol–water partition coefficient (Wildman–Crippen LogP) is -2.96. The van der Waals surface area contributed by atoms with Gasteiger partial charge in [-0.15, -0.1) is 0 Å². The van der Waals surface area contributed by atoms with Crippen molar-refractivity contribution in [1.82, 2.24) is 16.0 Å². The van der Waals surface area contributed by atoms with Crippen LogP contribution in [-0.4, -0.2) is 82.2 Å². The molecule has 0 aromatic heterocycles. The van der Waals surface area contributed by atoms with Crippen molar-refractivity contribution in [2.75, 3.05) is 12.3 Å². The molecule has 0 spiro atoms. The van der Waals surface area contributed by atoms with Crippen LogP contribution in [0.1, 0.15) is 44.9 Å². The van der Waals surface area contributed by atoms with Gasteiger partial charge in [0.15, 0.2) is 0 Å². The molecule has 0 saturated carbocycles. The van der Waals surface area contributed by atoms with Gasteiger partial charge in [-0.1, -0.05) is 0 Å². The molecule has 0 fully saturated rings. The zero-order chi connectivity index (χ0) is 26.3. The number of amides is 4. The number of aliphatic carboxylic acids is 2. The summed E-state index contributed by atoms with van der Waals surface area (Å²) in [7, 11) is 0. The Balaban J connectivity index is 5.26. The second-order valence-corrected chi connectivity index (χ2v) is 7.90. The fourth-order valence-corrected chi connectivity index (χ4v) is 2.99. The summed E-state index contributed by atoms with van der Waals surface area (Å²) in [6.07, 6.45) is 0.119. The normalized spacial score (nSPS) is 14.2. The second kappa shape index (κ2) is 16.7. The molecule has 4 atom stereocenters. The third-order valence-electron chi connectivity index (χ3n) is 4.70. The molecule has 0 aromatic carbocycles. The summed E-state index contributed by atoms with van der Waals surface area (Å²) in [5.74, 6) is -5.74. The standard InChI is InChI=1S/C19H34N6O8S/c20-8-2-1-3-11(17(30)24-12(19(32)33)5-6-14(22)26)23-18(31)13(9-34)25-16(29)10(21)4-7-15(27)28/h10-13,34H,1-9,20-21H2,(H2,22,26)(H,23,31)(H,24,30)(H,25,29)(H,27,28)(H,32,33). The fourth-order valence-electron chi connectivity index (χ4n) is 2.73. The SMILES string of the molecule is NCCCCC(NC(=O)C(CS)NC(=O)C(N)CCC(=O)O)C(=O)NC(CCC(N)=O)C(=O)O. The Morgan fingerprint density at radius 3 is 1.82 bits per heavy atom. The molecule has 0 heterocycles. The molecule has 15 heteroatoms. The van der Waals surface area contributed by atoms with Crippen LogP contribution in [0.25, 0.3) is 0 Å². The molecule has 194 valence electrons. The van der Waals surface area contributed by atoms with Crippen LogP contribution in [0.3, 0.4) is 0 Å². The zero-order valence-electron chi connectivity index (χ0n) is 18.7. The summed E-state index contributed by atoms with van der Waals surface area (Å²) in [5, 5.41) is 25.1. The Kier molecular flexibility index (Phi) is 15.2. The number of hydrogen-bond acceptors (Lipinski definition) is 9. The number of carboxylic acid groups (broad SMARTS) is 2. The molecule has 0 rings (SSSR count). The molecule has 0 aliphatic rings. The van der Waals surface area contributed by atoms with Crippen molar-refractivity contribution in [3.63, 3.8) is 0 Å². The van der Waals surface area contributed by atoms with E-state index in [1.54, 1.807) is 0 Å². The van der Waals surface area contributed by atoms with Crippen molar-refractivity contribution < 1.29 is 39.0 Å². The largest absolute Gasteiger partial charge is 0.481 e. The lowest BCUT2D eigenvalue weighted by Gasteiger charge is -2.24. The number of primary amides is 1. The van der Waals surface area contributed by atoms with E-state index in [4.69, 9.17) is 22.3 Å². The lowest BCUT2D eigenvalue weighted by atomic mass is 10.1. The Hall–Kier alpha value is -2.91. The maximum Gasteiger partial charge on any atom is 0.326 e. The highest BCUT2D eigenvalue weighted by molar-refractivity contribution is 7.80. The molecule has 0 saturated heterocycles. The van der Waals surface area contributed by atoms with Crippen LogP contribution in [0.2, 0.25) is 0 Å². The van der Waals surface area contributed by atoms with Gasteiger partial charge in [0.25, 0.3) is 0 Å². The lowest BCUT2D eigenvalue weighted by molar-refractivity contribution is -0.142. The first-order valence-corrected chi connectivity index (χ1v) is 11.3. The Morgan fingerprint density at radius 1 is 0.765 bits per heavy atom. The minimum absolute atomic E-state index is 0.127. The monoisotopic (exact) mass is 506 g/mol. The summed E-state index contributed by atoms with van der Waals surface area (Å²) in [6.45, 7) is 0.336. The van der Waals surface area contributed by atoms with E-state index in [1.165, 1.54) is 0 Å². The van der Waals surface area contributed by atoms with E-state index in [0.717, 1.165) is 0 Å². The van der Waals surface area contributed by atoms with E-state index in [2.05, 4.69) is 28.6 Å². The molecular weight excluding hydrogens is 472 g/mol. The zero-order valence-corrected chi connectivity index (χ0v) is 19.6. The van der Waals surface area contributed by atoms with E-state index in [-0.39, 0.29) is 37.9 Å². The number of carbonyl (C=O) groups is 6. The summed E-state index contributed by atoms with van der Waals surface area (Å²) < 4.78 is 0. The van der Waals surface area contributed by atoms with Gasteiger partial charge in [-0.25, -0.2) is 4.79 Å². The molecular formula is C19H34N6O8S. The Labute approximate surface area is 202 Å². The molecule has 0 aliphatic heterocycles. The maximum atomic E-state index is 12.7. The Bertz CT molecular complexity index is 738. The van der Waals surface area contributed by atoms with Gasteiger partial charge in [0.1, 0.15) is 18.1 Å². The van der Waals surface area contributed by atoms with Crippen molar-refractivity contribution in [1.29, 1.82) is 0 Å². The molecule has 4 unspecified atom stereocenters. The van der Waals surface area contributed by atoms with Gasteiger partial charge in [0.2, 0.25) is 23.6 Å². The first-order valence-electron chi connectivity index (χ1n) is 10.6. The van der Waals surface area contributed by atoms with E-state index in [1.807, 2.05) is 0 Å². The molecule has 0 aliphatic carbocycles. The average Bonchev–Trinajstić information content (AvgIpc) is 2.76. The fraction of sp³-hybridized carbons (Fsp3) is 0.684. The number of rotatable bonds is 18. The average molecular weight is 507 g/mol. The van der Waals surface area contributed by atoms with Crippen molar-refractivity contribution in [3.8, 4) is 0 Å². The molecule has 34 heavy (non-hydrogen) atoms. The maximum absolute atomic E-state index is 12.7. The van der Waals surface area contributed by atoms with Crippen LogP contribution in [-0.2, 0) is 28.8 Å². The highest BCUT2D eigenvalue weighted by atomic mass is 32.1. The number of hydrogen-bond donors (Lipinski definition) is 9. The molecule has 0 radical (unpaired) electrons. The van der Waals surface area contributed by atoms with Gasteiger partial charge in [0, 0.05) is 18.6 Å². The number of unbranched alkanes of at least 4 members (excludes halogenated alkanes) is 1. The van der Waals surface area contributed by atoms with Gasteiger partial charge >= 0.3 is 11.9 Å². The minimum atomic E-state index is -1.40. The minimum Gasteiger partial charge on any atom is -0.481 e. The van der Waals surface area contributed by atoms with Gasteiger partial charge < -0.3 is 43.4 Å². The van der Waals surface area contributed by atoms with E-state index in [9.17, 15) is 33.9 Å². The number of nitrogens with one attached hydrogen (secondary N) is 3. The predicted molar refractivity (Wildman–Crippen MR) is 123 cm³/mol. The first kappa shape index (κ1) is 31.1. The van der Waals surface area contributed by atoms with E-state index >= 15 is 0 Å². The van der Waals surface area contributed by atoms with Crippen molar-refractivity contribution in [3.05, 3.63) is 0 Å². The summed E-state index contributed by atoms with van der Waals surface area (Å²) in [5.41, 5.74) is 16.1. The third-order valence-corrected chi connectivity index (χ3v) is 5.06. The molecule has 14 nitrogen and oxygen atoms in total. The molecule has 0 bridgehead atoms. The number of carboxylic acids is 2. The molecule has 0 aromatic rings. The Morgan fingerprint density at radius 2 is 1.32 bits per heavy atom. The summed E-state index contributed by atoms with van der Waals surface area (Å²) in [4.78, 5) is 70.6. The highest BCUT2D eigenvalue weighted by Gasteiger charge is 2.29. The van der Waals surface area contributed by atoms with Crippen LogP contribution < -0.4 is 33.2 Å². The van der Waals surface area contributed by atoms with Crippen molar-refractivity contribution in [2.45, 2.75) is 69.1 Å². The van der Waals surface area contributed by atoms with Crippen LogP contribution in [0.15, 0.2) is 0 Å². The quantitative estimate of drug-likeness (QED) is 0.0674. The van der Waals surface area contributed by atoms with E-state index in [0.29, 0.717) is 19.4 Å². The van der Waals surface area contributed by atoms with Gasteiger partial charge in [-0.05, 0) is 38.6 Å². The summed E-state index contributed by atoms with van der Waals surface area (Å²) in [6, 6.07) is -4.92. The van der Waals surface area contributed by atoms with Crippen molar-refractivity contribution in [2.24, 2.45) is 17.2 Å². The lowest BCUT2D eigenvalue weighted by Crippen LogP contribution is -2.57. The van der Waals surface area contributed by atoms with Crippen molar-refractivity contribution >= 4 is 48.2 Å². The number of thiol groups is 1. The van der Waals surface area contributed by atoms with Crippen LogP contribution in [0.4, 0.5) is 0 Å². The smallest absolute Gasteiger partial charge is 0.326 e. The third kappa shape index (κ3) is 13.0. The van der Waals surface area contributed by atoms with Crippen LogP contribution in [0.5, 0.6) is 0 Å². The van der Waals surface area contributed by atoms with Gasteiger partial charge in [0.05, 0.1) is 6.04 Å². The second-order valence-electron chi connectivity index (χ2n) is 7.53. The topological polar surface area (TPSA) is 257 Å². The van der Waals surface area contributed by atoms with Crippen LogP contribution >= 0.6 is 12.6 Å². The van der Waals surface area contributed by atoms with Gasteiger partial charge in [-0.2, -0.15) is 12.6 Å². The highest BCUT2D eigenvalue weighted by Crippen LogP contribution is 2.05. The molecule has 4 amide bonds.